The largest absolute Gasteiger partial charge is 0.342 e. The third kappa shape index (κ3) is 3.62. The molecule has 2 aliphatic rings. The summed E-state index contributed by atoms with van der Waals surface area (Å²) in [6, 6.07) is 0. The van der Waals surface area contributed by atoms with Crippen LogP contribution in [0.1, 0.15) is 62.2 Å². The van der Waals surface area contributed by atoms with Crippen molar-refractivity contribution in [1.82, 2.24) is 24.5 Å². The molecule has 1 fully saturated rings. The SMILES string of the molecule is CCc1nc2sc3c(c2c2nnc(SCC(=O)N4CCCCCC4)n12)CC[C@H](C)C3. The highest BCUT2D eigenvalue weighted by atomic mass is 32.2. The molecule has 1 atom stereocenters. The number of aromatic nitrogens is 4. The average Bonchev–Trinajstić information content (AvgIpc) is 3.20. The second-order valence-corrected chi connectivity index (χ2v) is 10.7. The van der Waals surface area contributed by atoms with E-state index >= 15 is 0 Å². The van der Waals surface area contributed by atoms with E-state index in [2.05, 4.69) is 28.4 Å². The second-order valence-electron chi connectivity index (χ2n) is 8.64. The second kappa shape index (κ2) is 8.46. The van der Waals surface area contributed by atoms with Crippen molar-refractivity contribution in [3.8, 4) is 0 Å². The molecule has 0 radical (unpaired) electrons. The van der Waals surface area contributed by atoms with Gasteiger partial charge in [0.15, 0.2) is 10.8 Å². The quantitative estimate of drug-likeness (QED) is 0.555. The summed E-state index contributed by atoms with van der Waals surface area (Å²) in [5, 5.41) is 11.1. The maximum atomic E-state index is 12.8. The van der Waals surface area contributed by atoms with Gasteiger partial charge in [0.25, 0.3) is 0 Å². The Bertz CT molecular complexity index is 1080. The van der Waals surface area contributed by atoms with Crippen molar-refractivity contribution < 1.29 is 4.79 Å². The van der Waals surface area contributed by atoms with E-state index in [0.717, 1.165) is 72.6 Å². The topological polar surface area (TPSA) is 63.4 Å². The highest BCUT2D eigenvalue weighted by Gasteiger charge is 2.26. The van der Waals surface area contributed by atoms with Crippen LogP contribution in [-0.2, 0) is 24.1 Å². The molecule has 1 amide bonds. The predicted octanol–water partition coefficient (Wildman–Crippen LogP) is 4.52. The number of amides is 1. The molecule has 0 bridgehead atoms. The van der Waals surface area contributed by atoms with Crippen molar-refractivity contribution in [2.24, 2.45) is 5.92 Å². The minimum Gasteiger partial charge on any atom is -0.342 e. The van der Waals surface area contributed by atoms with E-state index < -0.39 is 0 Å². The smallest absolute Gasteiger partial charge is 0.233 e. The van der Waals surface area contributed by atoms with Gasteiger partial charge in [-0.05, 0) is 43.6 Å². The van der Waals surface area contributed by atoms with Crippen molar-refractivity contribution in [1.29, 1.82) is 0 Å². The van der Waals surface area contributed by atoms with Crippen molar-refractivity contribution >= 4 is 44.9 Å². The molecule has 5 rings (SSSR count). The summed E-state index contributed by atoms with van der Waals surface area (Å²) < 4.78 is 2.10. The van der Waals surface area contributed by atoms with Gasteiger partial charge in [-0.25, -0.2) is 4.98 Å². The molecular formula is C22H29N5OS2. The number of aryl methyl sites for hydroxylation is 2. The zero-order valence-electron chi connectivity index (χ0n) is 17.8. The monoisotopic (exact) mass is 443 g/mol. The molecule has 3 aromatic heterocycles. The van der Waals surface area contributed by atoms with Crippen molar-refractivity contribution in [3.05, 3.63) is 16.3 Å². The highest BCUT2D eigenvalue weighted by Crippen LogP contribution is 2.39. The van der Waals surface area contributed by atoms with Crippen molar-refractivity contribution in [2.75, 3.05) is 18.8 Å². The number of hydrogen-bond acceptors (Lipinski definition) is 6. The van der Waals surface area contributed by atoms with Gasteiger partial charge in [0.2, 0.25) is 5.91 Å². The summed E-state index contributed by atoms with van der Waals surface area (Å²) >= 11 is 3.34. The van der Waals surface area contributed by atoms with Crippen molar-refractivity contribution in [3.63, 3.8) is 0 Å². The van der Waals surface area contributed by atoms with E-state index in [1.165, 1.54) is 46.9 Å². The Balaban J connectivity index is 1.47. The fourth-order valence-electron chi connectivity index (χ4n) is 4.75. The summed E-state index contributed by atoms with van der Waals surface area (Å²) in [6.07, 6.45) is 8.99. The molecule has 0 aromatic carbocycles. The van der Waals surface area contributed by atoms with Gasteiger partial charge in [-0.15, -0.1) is 21.5 Å². The lowest BCUT2D eigenvalue weighted by Crippen LogP contribution is -2.33. The number of thioether (sulfide) groups is 1. The van der Waals surface area contributed by atoms with Crippen LogP contribution in [0.25, 0.3) is 15.9 Å². The van der Waals surface area contributed by atoms with Gasteiger partial charge >= 0.3 is 0 Å². The lowest BCUT2D eigenvalue weighted by molar-refractivity contribution is -0.128. The molecule has 160 valence electrons. The minimum absolute atomic E-state index is 0.215. The molecule has 1 aliphatic carbocycles. The van der Waals surface area contributed by atoms with Gasteiger partial charge < -0.3 is 4.90 Å². The number of thiophene rings is 1. The van der Waals surface area contributed by atoms with E-state index in [-0.39, 0.29) is 5.91 Å². The Hall–Kier alpha value is -1.67. The molecule has 1 saturated heterocycles. The molecule has 6 nitrogen and oxygen atoms in total. The highest BCUT2D eigenvalue weighted by molar-refractivity contribution is 7.99. The zero-order valence-corrected chi connectivity index (χ0v) is 19.4. The van der Waals surface area contributed by atoms with Crippen LogP contribution in [-0.4, -0.2) is 49.2 Å². The fraction of sp³-hybridized carbons (Fsp3) is 0.636. The maximum absolute atomic E-state index is 12.8. The van der Waals surface area contributed by atoms with E-state index in [4.69, 9.17) is 4.98 Å². The number of hydrogen-bond donors (Lipinski definition) is 0. The number of rotatable bonds is 4. The Morgan fingerprint density at radius 3 is 2.77 bits per heavy atom. The van der Waals surface area contributed by atoms with Gasteiger partial charge in [-0.3, -0.25) is 9.20 Å². The molecule has 30 heavy (non-hydrogen) atoms. The van der Waals surface area contributed by atoms with Crippen LogP contribution in [0, 0.1) is 5.92 Å². The molecule has 3 aromatic rings. The standard InChI is InChI=1S/C22H29N5OS2/c1-3-17-23-21-19(15-9-8-14(2)12-16(15)30-21)20-24-25-22(27(17)20)29-13-18(28)26-10-6-4-5-7-11-26/h14H,3-13H2,1-2H3/t14-/m0/s1. The lowest BCUT2D eigenvalue weighted by atomic mass is 9.89. The Morgan fingerprint density at radius 1 is 1.20 bits per heavy atom. The molecule has 0 unspecified atom stereocenters. The Morgan fingerprint density at radius 2 is 2.00 bits per heavy atom. The molecule has 0 spiro atoms. The fourth-order valence-corrected chi connectivity index (χ4v) is 7.00. The van der Waals surface area contributed by atoms with E-state index in [1.807, 2.05) is 16.2 Å². The maximum Gasteiger partial charge on any atom is 0.233 e. The lowest BCUT2D eigenvalue weighted by Gasteiger charge is -2.19. The Labute approximate surface area is 185 Å². The first kappa shape index (κ1) is 20.2. The van der Waals surface area contributed by atoms with Crippen LogP contribution in [0.4, 0.5) is 0 Å². The molecule has 8 heteroatoms. The first-order chi connectivity index (χ1) is 14.7. The first-order valence-electron chi connectivity index (χ1n) is 11.2. The third-order valence-corrected chi connectivity index (χ3v) is 8.50. The van der Waals surface area contributed by atoms with Gasteiger partial charge in [-0.1, -0.05) is 38.5 Å². The normalized spacial score (nSPS) is 19.9. The first-order valence-corrected chi connectivity index (χ1v) is 13.0. The Kier molecular flexibility index (Phi) is 5.71. The van der Waals surface area contributed by atoms with Gasteiger partial charge in [0.05, 0.1) is 11.1 Å². The molecular weight excluding hydrogens is 414 g/mol. The summed E-state index contributed by atoms with van der Waals surface area (Å²) in [5.41, 5.74) is 2.35. The van der Waals surface area contributed by atoms with Crippen LogP contribution in [0.2, 0.25) is 0 Å². The van der Waals surface area contributed by atoms with E-state index in [0.29, 0.717) is 5.75 Å². The third-order valence-electron chi connectivity index (χ3n) is 6.44. The van der Waals surface area contributed by atoms with E-state index in [1.54, 1.807) is 0 Å². The van der Waals surface area contributed by atoms with Crippen molar-refractivity contribution in [2.45, 2.75) is 70.4 Å². The van der Waals surface area contributed by atoms with Crippen LogP contribution in [0.3, 0.4) is 0 Å². The van der Waals surface area contributed by atoms with Gasteiger partial charge in [-0.2, -0.15) is 0 Å². The number of carbonyl (C=O) groups excluding carboxylic acids is 1. The number of fused-ring (bicyclic) bond motifs is 5. The number of likely N-dealkylation sites (tertiary alicyclic amines) is 1. The van der Waals surface area contributed by atoms with Gasteiger partial charge in [0.1, 0.15) is 10.7 Å². The predicted molar refractivity (Wildman–Crippen MR) is 123 cm³/mol. The van der Waals surface area contributed by atoms with Gasteiger partial charge in [0, 0.05) is 24.4 Å². The summed E-state index contributed by atoms with van der Waals surface area (Å²) in [7, 11) is 0. The molecule has 0 N–H and O–H groups in total. The minimum atomic E-state index is 0.215. The average molecular weight is 444 g/mol. The number of carbonyl (C=O) groups is 1. The molecule has 1 aliphatic heterocycles. The van der Waals surface area contributed by atoms with Crippen LogP contribution < -0.4 is 0 Å². The summed E-state index contributed by atoms with van der Waals surface area (Å²) in [5.74, 6) is 2.36. The number of nitrogens with zero attached hydrogens (tertiary/aromatic N) is 5. The molecule has 0 saturated carbocycles. The van der Waals surface area contributed by atoms with E-state index in [9.17, 15) is 4.79 Å². The zero-order chi connectivity index (χ0) is 20.7. The van der Waals surface area contributed by atoms with Crippen LogP contribution in [0.5, 0.6) is 0 Å². The van der Waals surface area contributed by atoms with Crippen LogP contribution in [0.15, 0.2) is 5.16 Å². The van der Waals surface area contributed by atoms with Crippen LogP contribution >= 0.6 is 23.1 Å². The summed E-state index contributed by atoms with van der Waals surface area (Å²) in [6.45, 7) is 6.24. The molecule has 4 heterocycles. The summed E-state index contributed by atoms with van der Waals surface area (Å²) in [4.78, 5) is 22.4.